The molecule has 2 aromatic rings. The smallest absolute Gasteiger partial charge is 0.0760 e. The van der Waals surface area contributed by atoms with Crippen molar-refractivity contribution in [1.29, 1.82) is 0 Å². The predicted molar refractivity (Wildman–Crippen MR) is 84.7 cm³/mol. The molecule has 0 spiro atoms. The van der Waals surface area contributed by atoms with Gasteiger partial charge in [-0.25, -0.2) is 0 Å². The Morgan fingerprint density at radius 3 is 2.55 bits per heavy atom. The fourth-order valence-corrected chi connectivity index (χ4v) is 2.87. The molecule has 0 fully saturated rings. The number of hydrazone groups is 1. The van der Waals surface area contributed by atoms with E-state index in [1.807, 2.05) is 12.1 Å². The maximum atomic E-state index is 6.25. The van der Waals surface area contributed by atoms with Crippen LogP contribution in [0.1, 0.15) is 29.2 Å². The Kier molecular flexibility index (Phi) is 3.68. The van der Waals surface area contributed by atoms with Gasteiger partial charge in [0, 0.05) is 16.5 Å². The predicted octanol–water partition coefficient (Wildman–Crippen LogP) is 4.74. The van der Waals surface area contributed by atoms with E-state index in [9.17, 15) is 0 Å². The fraction of sp³-hybridized carbons (Fsp3) is 0.188. The first-order valence-electron chi connectivity index (χ1n) is 6.47. The molecular weight excluding hydrogens is 291 g/mol. The van der Waals surface area contributed by atoms with Crippen LogP contribution in [0.15, 0.2) is 47.6 Å². The van der Waals surface area contributed by atoms with Crippen molar-refractivity contribution in [2.45, 2.75) is 19.4 Å². The number of benzene rings is 2. The minimum Gasteiger partial charge on any atom is -0.302 e. The molecule has 1 atom stereocenters. The van der Waals surface area contributed by atoms with Gasteiger partial charge < -0.3 is 5.43 Å². The summed E-state index contributed by atoms with van der Waals surface area (Å²) in [4.78, 5) is 0. The van der Waals surface area contributed by atoms with Crippen LogP contribution < -0.4 is 5.43 Å². The molecule has 0 bridgehead atoms. The van der Waals surface area contributed by atoms with Gasteiger partial charge in [-0.3, -0.25) is 0 Å². The third-order valence-electron chi connectivity index (χ3n) is 3.48. The number of rotatable bonds is 2. The number of nitrogens with zero attached hydrogens (tertiary/aromatic N) is 1. The van der Waals surface area contributed by atoms with Crippen LogP contribution in [0.3, 0.4) is 0 Å². The number of hydrogen-bond acceptors (Lipinski definition) is 2. The van der Waals surface area contributed by atoms with Crippen molar-refractivity contribution in [3.63, 3.8) is 0 Å². The van der Waals surface area contributed by atoms with Crippen LogP contribution in [-0.4, -0.2) is 5.71 Å². The molecule has 2 nitrogen and oxygen atoms in total. The minimum absolute atomic E-state index is 0.107. The summed E-state index contributed by atoms with van der Waals surface area (Å²) in [6, 6.07) is 14.1. The summed E-state index contributed by atoms with van der Waals surface area (Å²) in [6.07, 6.45) is 0.824. The van der Waals surface area contributed by atoms with Crippen LogP contribution in [0.25, 0.3) is 0 Å². The molecule has 102 valence electrons. The molecule has 0 amide bonds. The molecule has 2 aromatic carbocycles. The summed E-state index contributed by atoms with van der Waals surface area (Å²) in [5, 5.41) is 5.76. The second-order valence-corrected chi connectivity index (χ2v) is 5.82. The van der Waals surface area contributed by atoms with E-state index < -0.39 is 0 Å². The maximum absolute atomic E-state index is 6.25. The molecule has 1 aliphatic rings. The third-order valence-corrected chi connectivity index (χ3v) is 4.04. The van der Waals surface area contributed by atoms with Crippen molar-refractivity contribution in [2.75, 3.05) is 0 Å². The molecule has 1 heterocycles. The van der Waals surface area contributed by atoms with E-state index in [1.165, 1.54) is 5.56 Å². The highest BCUT2D eigenvalue weighted by molar-refractivity contribution is 6.35. The number of halogens is 2. The molecule has 0 radical (unpaired) electrons. The molecule has 0 saturated carbocycles. The van der Waals surface area contributed by atoms with Gasteiger partial charge in [-0.15, -0.1) is 0 Å². The summed E-state index contributed by atoms with van der Waals surface area (Å²) < 4.78 is 0. The number of nitrogens with one attached hydrogen (secondary N) is 1. The Bertz CT molecular complexity index is 663. The lowest BCUT2D eigenvalue weighted by molar-refractivity contribution is 0.620. The third kappa shape index (κ3) is 2.67. The summed E-state index contributed by atoms with van der Waals surface area (Å²) >= 11 is 12.2. The van der Waals surface area contributed by atoms with Crippen LogP contribution in [-0.2, 0) is 0 Å². The van der Waals surface area contributed by atoms with Crippen molar-refractivity contribution in [2.24, 2.45) is 5.10 Å². The first kappa shape index (κ1) is 13.5. The van der Waals surface area contributed by atoms with Gasteiger partial charge in [0.2, 0.25) is 0 Å². The summed E-state index contributed by atoms with van der Waals surface area (Å²) in [7, 11) is 0. The Hall–Kier alpha value is -1.51. The van der Waals surface area contributed by atoms with Gasteiger partial charge in [-0.1, -0.05) is 59.1 Å². The zero-order valence-corrected chi connectivity index (χ0v) is 12.5. The minimum atomic E-state index is 0.107. The Balaban J connectivity index is 1.80. The van der Waals surface area contributed by atoms with Crippen LogP contribution in [0.5, 0.6) is 0 Å². The van der Waals surface area contributed by atoms with Crippen LogP contribution in [0.4, 0.5) is 0 Å². The molecule has 0 saturated heterocycles. The highest BCUT2D eigenvalue weighted by Gasteiger charge is 2.23. The first-order valence-corrected chi connectivity index (χ1v) is 7.23. The molecule has 4 heteroatoms. The molecule has 1 aliphatic heterocycles. The normalized spacial score (nSPS) is 17.8. The Labute approximate surface area is 128 Å². The van der Waals surface area contributed by atoms with Gasteiger partial charge >= 0.3 is 0 Å². The van der Waals surface area contributed by atoms with Gasteiger partial charge in [-0.05, 0) is 30.2 Å². The standard InChI is InChI=1S/C16H14Cl2N2/c1-10-2-4-11(5-3-10)15-9-16(20-19-15)13-7-6-12(17)8-14(13)18/h2-8,16,20H,9H2,1H3. The van der Waals surface area contributed by atoms with Crippen molar-refractivity contribution < 1.29 is 0 Å². The van der Waals surface area contributed by atoms with Crippen molar-refractivity contribution >= 4 is 28.9 Å². The number of aryl methyl sites for hydroxylation is 1. The van der Waals surface area contributed by atoms with Crippen molar-refractivity contribution in [3.8, 4) is 0 Å². The molecule has 0 aromatic heterocycles. The van der Waals surface area contributed by atoms with E-state index in [0.717, 1.165) is 23.3 Å². The zero-order valence-electron chi connectivity index (χ0n) is 11.0. The monoisotopic (exact) mass is 304 g/mol. The van der Waals surface area contributed by atoms with Gasteiger partial charge in [0.15, 0.2) is 0 Å². The second kappa shape index (κ2) is 5.47. The highest BCUT2D eigenvalue weighted by atomic mass is 35.5. The molecule has 0 aliphatic carbocycles. The Morgan fingerprint density at radius 2 is 1.85 bits per heavy atom. The quantitative estimate of drug-likeness (QED) is 0.851. The van der Waals surface area contributed by atoms with E-state index in [4.69, 9.17) is 23.2 Å². The fourth-order valence-electron chi connectivity index (χ4n) is 2.33. The SMILES string of the molecule is Cc1ccc(C2=NNC(c3ccc(Cl)cc3Cl)C2)cc1. The lowest BCUT2D eigenvalue weighted by Crippen LogP contribution is -2.10. The van der Waals surface area contributed by atoms with E-state index >= 15 is 0 Å². The summed E-state index contributed by atoms with van der Waals surface area (Å²) in [5.41, 5.74) is 7.64. The average Bonchev–Trinajstić information content (AvgIpc) is 2.89. The topological polar surface area (TPSA) is 24.4 Å². The highest BCUT2D eigenvalue weighted by Crippen LogP contribution is 2.31. The maximum Gasteiger partial charge on any atom is 0.0760 e. The van der Waals surface area contributed by atoms with Gasteiger partial charge in [0.05, 0.1) is 11.8 Å². The molecule has 3 rings (SSSR count). The van der Waals surface area contributed by atoms with Gasteiger partial charge in [0.1, 0.15) is 0 Å². The van der Waals surface area contributed by atoms with E-state index in [-0.39, 0.29) is 6.04 Å². The average molecular weight is 305 g/mol. The zero-order chi connectivity index (χ0) is 14.1. The van der Waals surface area contributed by atoms with Crippen LogP contribution in [0, 0.1) is 6.92 Å². The van der Waals surface area contributed by atoms with Crippen LogP contribution >= 0.6 is 23.2 Å². The molecule has 1 N–H and O–H groups in total. The van der Waals surface area contributed by atoms with Crippen LogP contribution in [0.2, 0.25) is 10.0 Å². The van der Waals surface area contributed by atoms with Gasteiger partial charge in [0.25, 0.3) is 0 Å². The van der Waals surface area contributed by atoms with E-state index in [2.05, 4.69) is 41.7 Å². The molecule has 20 heavy (non-hydrogen) atoms. The van der Waals surface area contributed by atoms with E-state index in [1.54, 1.807) is 6.07 Å². The summed E-state index contributed by atoms with van der Waals surface area (Å²) in [6.45, 7) is 2.08. The lowest BCUT2D eigenvalue weighted by atomic mass is 9.98. The largest absolute Gasteiger partial charge is 0.302 e. The van der Waals surface area contributed by atoms with E-state index in [0.29, 0.717) is 10.0 Å². The Morgan fingerprint density at radius 1 is 1.10 bits per heavy atom. The van der Waals surface area contributed by atoms with Crippen molar-refractivity contribution in [1.82, 2.24) is 5.43 Å². The van der Waals surface area contributed by atoms with Gasteiger partial charge in [-0.2, -0.15) is 5.10 Å². The molecule has 1 unspecified atom stereocenters. The summed E-state index contributed by atoms with van der Waals surface area (Å²) in [5.74, 6) is 0. The second-order valence-electron chi connectivity index (χ2n) is 4.98. The number of hydrogen-bond donors (Lipinski definition) is 1. The molecular formula is C16H14Cl2N2. The van der Waals surface area contributed by atoms with Crippen molar-refractivity contribution in [3.05, 3.63) is 69.2 Å². The lowest BCUT2D eigenvalue weighted by Gasteiger charge is -2.12. The first-order chi connectivity index (χ1) is 9.63.